The molecular formula is C20H16O4. The molecule has 0 N–H and O–H groups in total. The highest BCUT2D eigenvalue weighted by molar-refractivity contribution is 5.94. The van der Waals surface area contributed by atoms with E-state index in [-0.39, 0.29) is 12.4 Å². The lowest BCUT2D eigenvalue weighted by molar-refractivity contribution is -0.136. The third-order valence-electron chi connectivity index (χ3n) is 3.55. The smallest absolute Gasteiger partial charge is 0.349 e. The molecule has 0 saturated carbocycles. The van der Waals surface area contributed by atoms with E-state index in [0.29, 0.717) is 17.1 Å². The minimum atomic E-state index is -0.501. The third kappa shape index (κ3) is 3.79. The van der Waals surface area contributed by atoms with Gasteiger partial charge in [-0.1, -0.05) is 42.5 Å². The average molecular weight is 320 g/mol. The Hall–Kier alpha value is -3.14. The normalized spacial score (nSPS) is 10.4. The molecule has 0 aromatic heterocycles. The van der Waals surface area contributed by atoms with Gasteiger partial charge >= 0.3 is 5.97 Å². The zero-order chi connectivity index (χ0) is 16.9. The second-order valence-electron chi connectivity index (χ2n) is 5.36. The van der Waals surface area contributed by atoms with Crippen molar-refractivity contribution >= 4 is 22.5 Å². The van der Waals surface area contributed by atoms with Crippen LogP contribution >= 0.6 is 0 Å². The molecule has 0 amide bonds. The number of hydrogen-bond donors (Lipinski definition) is 0. The predicted octanol–water partition coefficient (Wildman–Crippen LogP) is 4.03. The summed E-state index contributed by atoms with van der Waals surface area (Å²) in [5.74, 6) is 0.371. The lowest BCUT2D eigenvalue weighted by atomic mass is 10.1. The van der Waals surface area contributed by atoms with E-state index in [4.69, 9.17) is 9.47 Å². The number of ketones is 1. The highest BCUT2D eigenvalue weighted by Crippen LogP contribution is 2.21. The second-order valence-corrected chi connectivity index (χ2v) is 5.36. The Morgan fingerprint density at radius 1 is 0.833 bits per heavy atom. The van der Waals surface area contributed by atoms with Gasteiger partial charge < -0.3 is 9.47 Å². The molecule has 4 nitrogen and oxygen atoms in total. The summed E-state index contributed by atoms with van der Waals surface area (Å²) in [6, 6.07) is 20.0. The Kier molecular flexibility index (Phi) is 4.57. The van der Waals surface area contributed by atoms with Gasteiger partial charge in [0.25, 0.3) is 0 Å². The number of carbonyl (C=O) groups is 2. The zero-order valence-electron chi connectivity index (χ0n) is 13.2. The van der Waals surface area contributed by atoms with E-state index in [1.807, 2.05) is 36.4 Å². The van der Waals surface area contributed by atoms with Gasteiger partial charge in [0.2, 0.25) is 0 Å². The summed E-state index contributed by atoms with van der Waals surface area (Å²) < 4.78 is 10.7. The number of fused-ring (bicyclic) bond motifs is 1. The molecule has 0 saturated heterocycles. The van der Waals surface area contributed by atoms with Crippen LogP contribution in [0.5, 0.6) is 11.5 Å². The fourth-order valence-electron chi connectivity index (χ4n) is 2.34. The maximum atomic E-state index is 11.9. The van der Waals surface area contributed by atoms with E-state index < -0.39 is 5.97 Å². The SMILES string of the molecule is CC(=O)c1cccc(OCC(=O)Oc2ccc3ccccc3c2)c1. The molecule has 4 heteroatoms. The largest absolute Gasteiger partial charge is 0.482 e. The van der Waals surface area contributed by atoms with Gasteiger partial charge in [-0.2, -0.15) is 0 Å². The molecule has 0 bridgehead atoms. The summed E-state index contributed by atoms with van der Waals surface area (Å²) in [7, 11) is 0. The molecule has 0 spiro atoms. The van der Waals surface area contributed by atoms with Gasteiger partial charge in [-0.05, 0) is 42.0 Å². The van der Waals surface area contributed by atoms with Crippen LogP contribution in [0.2, 0.25) is 0 Å². The van der Waals surface area contributed by atoms with Crippen molar-refractivity contribution in [2.75, 3.05) is 6.61 Å². The van der Waals surface area contributed by atoms with E-state index in [2.05, 4.69) is 0 Å². The molecule has 0 aliphatic rings. The summed E-state index contributed by atoms with van der Waals surface area (Å²) in [5.41, 5.74) is 0.537. The molecule has 0 heterocycles. The van der Waals surface area contributed by atoms with Gasteiger partial charge in [-0.3, -0.25) is 4.79 Å². The number of hydrogen-bond acceptors (Lipinski definition) is 4. The fraction of sp³-hybridized carbons (Fsp3) is 0.100. The first kappa shape index (κ1) is 15.7. The maximum Gasteiger partial charge on any atom is 0.349 e. The highest BCUT2D eigenvalue weighted by atomic mass is 16.6. The van der Waals surface area contributed by atoms with E-state index in [0.717, 1.165) is 10.8 Å². The lowest BCUT2D eigenvalue weighted by Crippen LogP contribution is -2.17. The minimum absolute atomic E-state index is 0.0563. The van der Waals surface area contributed by atoms with E-state index in [9.17, 15) is 9.59 Å². The van der Waals surface area contributed by atoms with Crippen molar-refractivity contribution in [3.8, 4) is 11.5 Å². The average Bonchev–Trinajstić information content (AvgIpc) is 2.60. The lowest BCUT2D eigenvalue weighted by Gasteiger charge is -2.08. The number of esters is 1. The zero-order valence-corrected chi connectivity index (χ0v) is 13.2. The van der Waals surface area contributed by atoms with Crippen molar-refractivity contribution in [1.29, 1.82) is 0 Å². The number of carbonyl (C=O) groups excluding carboxylic acids is 2. The molecular weight excluding hydrogens is 304 g/mol. The first-order chi connectivity index (χ1) is 11.6. The molecule has 120 valence electrons. The summed E-state index contributed by atoms with van der Waals surface area (Å²) in [6.07, 6.45) is 0. The molecule has 0 atom stereocenters. The first-order valence-electron chi connectivity index (χ1n) is 7.55. The molecule has 0 radical (unpaired) electrons. The number of benzene rings is 3. The van der Waals surface area contributed by atoms with Crippen molar-refractivity contribution in [1.82, 2.24) is 0 Å². The van der Waals surface area contributed by atoms with Gasteiger partial charge in [0.05, 0.1) is 0 Å². The molecule has 3 rings (SSSR count). The van der Waals surface area contributed by atoms with Gasteiger partial charge in [0, 0.05) is 5.56 Å². The minimum Gasteiger partial charge on any atom is -0.482 e. The predicted molar refractivity (Wildman–Crippen MR) is 91.5 cm³/mol. The van der Waals surface area contributed by atoms with E-state index in [1.165, 1.54) is 6.92 Å². The number of rotatable bonds is 5. The Labute approximate surface area is 139 Å². The van der Waals surface area contributed by atoms with Crippen LogP contribution < -0.4 is 9.47 Å². The van der Waals surface area contributed by atoms with Crippen LogP contribution in [-0.4, -0.2) is 18.4 Å². The van der Waals surface area contributed by atoms with Crippen molar-refractivity contribution in [3.63, 3.8) is 0 Å². The standard InChI is InChI=1S/C20H16O4/c1-14(21)16-7-4-8-18(11-16)23-13-20(22)24-19-10-9-15-5-2-3-6-17(15)12-19/h2-12H,13H2,1H3. The van der Waals surface area contributed by atoms with Crippen LogP contribution in [0.1, 0.15) is 17.3 Å². The van der Waals surface area contributed by atoms with E-state index in [1.54, 1.807) is 30.3 Å². The molecule has 0 aliphatic heterocycles. The number of Topliss-reactive ketones (excluding diaryl/α,β-unsaturated/α-hetero) is 1. The summed E-state index contributed by atoms with van der Waals surface area (Å²) >= 11 is 0. The van der Waals surface area contributed by atoms with Crippen molar-refractivity contribution in [2.45, 2.75) is 6.92 Å². The highest BCUT2D eigenvalue weighted by Gasteiger charge is 2.08. The Balaban J connectivity index is 1.62. The summed E-state index contributed by atoms with van der Waals surface area (Å²) in [6.45, 7) is 1.25. The topological polar surface area (TPSA) is 52.6 Å². The molecule has 0 aliphatic carbocycles. The molecule has 0 unspecified atom stereocenters. The molecule has 3 aromatic rings. The van der Waals surface area contributed by atoms with Gasteiger partial charge in [0.15, 0.2) is 12.4 Å². The monoisotopic (exact) mass is 320 g/mol. The van der Waals surface area contributed by atoms with Crippen LogP contribution in [0.15, 0.2) is 66.7 Å². The van der Waals surface area contributed by atoms with Crippen molar-refractivity contribution < 1.29 is 19.1 Å². The third-order valence-corrected chi connectivity index (χ3v) is 3.55. The Bertz CT molecular complexity index is 899. The molecule has 0 fully saturated rings. The van der Waals surface area contributed by atoms with Crippen molar-refractivity contribution in [2.24, 2.45) is 0 Å². The van der Waals surface area contributed by atoms with Crippen LogP contribution in [-0.2, 0) is 4.79 Å². The maximum absolute atomic E-state index is 11.9. The number of ether oxygens (including phenoxy) is 2. The Morgan fingerprint density at radius 2 is 1.62 bits per heavy atom. The van der Waals surface area contributed by atoms with Crippen LogP contribution in [0.4, 0.5) is 0 Å². The Morgan fingerprint density at radius 3 is 2.42 bits per heavy atom. The van der Waals surface area contributed by atoms with Crippen LogP contribution in [0, 0.1) is 0 Å². The van der Waals surface area contributed by atoms with Gasteiger partial charge in [0.1, 0.15) is 11.5 Å². The van der Waals surface area contributed by atoms with Crippen LogP contribution in [0.25, 0.3) is 10.8 Å². The van der Waals surface area contributed by atoms with E-state index >= 15 is 0 Å². The second kappa shape index (κ2) is 6.96. The quantitative estimate of drug-likeness (QED) is 0.405. The summed E-state index contributed by atoms with van der Waals surface area (Å²) in [5, 5.41) is 2.08. The summed E-state index contributed by atoms with van der Waals surface area (Å²) in [4.78, 5) is 23.3. The molecule has 24 heavy (non-hydrogen) atoms. The van der Waals surface area contributed by atoms with Crippen molar-refractivity contribution in [3.05, 3.63) is 72.3 Å². The fourth-order valence-corrected chi connectivity index (χ4v) is 2.34. The molecule has 3 aromatic carbocycles. The van der Waals surface area contributed by atoms with Gasteiger partial charge in [-0.25, -0.2) is 4.79 Å². The van der Waals surface area contributed by atoms with Crippen LogP contribution in [0.3, 0.4) is 0 Å². The first-order valence-corrected chi connectivity index (χ1v) is 7.55. The van der Waals surface area contributed by atoms with Gasteiger partial charge in [-0.15, -0.1) is 0 Å².